The summed E-state index contributed by atoms with van der Waals surface area (Å²) in [5.41, 5.74) is 2.04. The van der Waals surface area contributed by atoms with E-state index >= 15 is 0 Å². The average Bonchev–Trinajstić information content (AvgIpc) is 3.23. The van der Waals surface area contributed by atoms with Crippen LogP contribution >= 0.6 is 11.6 Å². The maximum atomic E-state index is 13.1. The van der Waals surface area contributed by atoms with E-state index in [1.54, 1.807) is 12.0 Å². The Labute approximate surface area is 175 Å². The van der Waals surface area contributed by atoms with Crippen LogP contribution in [-0.4, -0.2) is 27.8 Å². The molecular formula is C22H23ClN4O2. The van der Waals surface area contributed by atoms with Gasteiger partial charge in [0.15, 0.2) is 0 Å². The van der Waals surface area contributed by atoms with Crippen molar-refractivity contribution in [3.8, 4) is 5.75 Å². The molecule has 0 unspecified atom stereocenters. The Balaban J connectivity index is 1.85. The lowest BCUT2D eigenvalue weighted by Gasteiger charge is -2.39. The fourth-order valence-electron chi connectivity index (χ4n) is 3.98. The first-order valence-corrected chi connectivity index (χ1v) is 10.1. The summed E-state index contributed by atoms with van der Waals surface area (Å²) in [6.07, 6.45) is 3.39. The van der Waals surface area contributed by atoms with Crippen LogP contribution in [0.3, 0.4) is 0 Å². The van der Waals surface area contributed by atoms with Crippen molar-refractivity contribution in [2.24, 2.45) is 0 Å². The van der Waals surface area contributed by atoms with Gasteiger partial charge in [0.1, 0.15) is 12.1 Å². The van der Waals surface area contributed by atoms with Gasteiger partial charge in [-0.25, -0.2) is 4.68 Å². The summed E-state index contributed by atoms with van der Waals surface area (Å²) in [6.45, 7) is 2.00. The van der Waals surface area contributed by atoms with Gasteiger partial charge in [0.2, 0.25) is 11.9 Å². The van der Waals surface area contributed by atoms with Crippen LogP contribution in [0, 0.1) is 0 Å². The molecular weight excluding hydrogens is 388 g/mol. The first-order chi connectivity index (χ1) is 14.1. The highest BCUT2D eigenvalue weighted by Crippen LogP contribution is 2.44. The average molecular weight is 411 g/mol. The van der Waals surface area contributed by atoms with E-state index in [0.29, 0.717) is 23.8 Å². The Morgan fingerprint density at radius 1 is 1.17 bits per heavy atom. The molecule has 4 rings (SSSR count). The van der Waals surface area contributed by atoms with Crippen molar-refractivity contribution in [2.75, 3.05) is 12.0 Å². The van der Waals surface area contributed by atoms with Gasteiger partial charge >= 0.3 is 0 Å². The van der Waals surface area contributed by atoms with E-state index in [1.807, 2.05) is 60.1 Å². The van der Waals surface area contributed by atoms with Crippen LogP contribution in [0.5, 0.6) is 5.75 Å². The van der Waals surface area contributed by atoms with E-state index in [-0.39, 0.29) is 18.0 Å². The smallest absolute Gasteiger partial charge is 0.231 e. The molecule has 0 saturated carbocycles. The quantitative estimate of drug-likeness (QED) is 0.605. The number of anilines is 1. The summed E-state index contributed by atoms with van der Waals surface area (Å²) in [5.74, 6) is 1.40. The molecule has 6 nitrogen and oxygen atoms in total. The molecule has 0 aliphatic carbocycles. The van der Waals surface area contributed by atoms with E-state index < -0.39 is 0 Å². The van der Waals surface area contributed by atoms with Crippen molar-refractivity contribution >= 4 is 23.5 Å². The Kier molecular flexibility index (Phi) is 5.53. The number of halogens is 1. The third kappa shape index (κ3) is 3.60. The third-order valence-electron chi connectivity index (χ3n) is 5.31. The van der Waals surface area contributed by atoms with Crippen LogP contribution in [-0.2, 0) is 4.79 Å². The standard InChI is InChI=1S/C22H23ClN4O2/c1-3-6-21(28)26-18(15-9-11-16(23)12-10-15)13-19(27-22(26)24-14-25-27)17-7-4-5-8-20(17)29-2/h4-5,7-12,14,18-19H,3,6,13H2,1-2H3/t18-,19-/m0/s1. The van der Waals surface area contributed by atoms with Crippen LogP contribution < -0.4 is 9.64 Å². The number of hydrogen-bond donors (Lipinski definition) is 0. The SMILES string of the molecule is CCCC(=O)N1c2ncnn2[C@H](c2ccccc2OC)C[C@H]1c1ccc(Cl)cc1. The first kappa shape index (κ1) is 19.5. The number of methoxy groups -OCH3 is 1. The molecule has 0 bridgehead atoms. The van der Waals surface area contributed by atoms with Crippen molar-refractivity contribution in [3.05, 3.63) is 71.0 Å². The number of amides is 1. The summed E-state index contributed by atoms with van der Waals surface area (Å²) in [5, 5.41) is 5.13. The zero-order valence-corrected chi connectivity index (χ0v) is 17.2. The van der Waals surface area contributed by atoms with E-state index in [2.05, 4.69) is 10.1 Å². The minimum atomic E-state index is -0.169. The highest BCUT2D eigenvalue weighted by Gasteiger charge is 2.39. The van der Waals surface area contributed by atoms with E-state index in [1.165, 1.54) is 6.33 Å². The zero-order valence-electron chi connectivity index (χ0n) is 16.5. The summed E-state index contributed by atoms with van der Waals surface area (Å²) in [6, 6.07) is 15.3. The molecule has 1 amide bonds. The maximum absolute atomic E-state index is 13.1. The number of hydrogen-bond acceptors (Lipinski definition) is 4. The molecule has 3 aromatic rings. The van der Waals surface area contributed by atoms with Gasteiger partial charge in [-0.05, 0) is 36.6 Å². The summed E-state index contributed by atoms with van der Waals surface area (Å²) < 4.78 is 7.43. The molecule has 0 N–H and O–H groups in total. The van der Waals surface area contributed by atoms with Gasteiger partial charge in [-0.3, -0.25) is 9.69 Å². The number of para-hydroxylation sites is 1. The van der Waals surface area contributed by atoms with Gasteiger partial charge < -0.3 is 4.74 Å². The lowest BCUT2D eigenvalue weighted by molar-refractivity contribution is -0.119. The Morgan fingerprint density at radius 3 is 2.66 bits per heavy atom. The predicted molar refractivity (Wildman–Crippen MR) is 112 cm³/mol. The number of aromatic nitrogens is 3. The highest BCUT2D eigenvalue weighted by atomic mass is 35.5. The number of carbonyl (C=O) groups is 1. The minimum absolute atomic E-state index is 0.0418. The van der Waals surface area contributed by atoms with Crippen molar-refractivity contribution in [1.82, 2.24) is 14.8 Å². The molecule has 0 saturated heterocycles. The van der Waals surface area contributed by atoms with Crippen molar-refractivity contribution in [1.29, 1.82) is 0 Å². The van der Waals surface area contributed by atoms with Gasteiger partial charge in [-0.1, -0.05) is 48.9 Å². The second-order valence-electron chi connectivity index (χ2n) is 7.08. The molecule has 1 aliphatic heterocycles. The van der Waals surface area contributed by atoms with E-state index in [9.17, 15) is 4.79 Å². The molecule has 2 aromatic carbocycles. The lowest BCUT2D eigenvalue weighted by atomic mass is 9.91. The van der Waals surface area contributed by atoms with Crippen molar-refractivity contribution in [3.63, 3.8) is 0 Å². The number of benzene rings is 2. The topological polar surface area (TPSA) is 60.2 Å². The third-order valence-corrected chi connectivity index (χ3v) is 5.56. The van der Waals surface area contributed by atoms with Gasteiger partial charge in [-0.15, -0.1) is 0 Å². The van der Waals surface area contributed by atoms with Gasteiger partial charge in [0, 0.05) is 17.0 Å². The number of rotatable bonds is 5. The predicted octanol–water partition coefficient (Wildman–Crippen LogP) is 4.81. The fourth-order valence-corrected chi connectivity index (χ4v) is 4.11. The minimum Gasteiger partial charge on any atom is -0.496 e. The zero-order chi connectivity index (χ0) is 20.4. The Hall–Kier alpha value is -2.86. The van der Waals surface area contributed by atoms with E-state index in [4.69, 9.17) is 16.3 Å². The second-order valence-corrected chi connectivity index (χ2v) is 7.52. The molecule has 2 heterocycles. The van der Waals surface area contributed by atoms with Crippen LogP contribution in [0.2, 0.25) is 5.02 Å². The lowest BCUT2D eigenvalue weighted by Crippen LogP contribution is -2.42. The summed E-state index contributed by atoms with van der Waals surface area (Å²) in [7, 11) is 1.66. The van der Waals surface area contributed by atoms with Gasteiger partial charge in [0.05, 0.1) is 19.2 Å². The van der Waals surface area contributed by atoms with Gasteiger partial charge in [-0.2, -0.15) is 10.1 Å². The monoisotopic (exact) mass is 410 g/mol. The number of carbonyl (C=O) groups excluding carboxylic acids is 1. The van der Waals surface area contributed by atoms with Crippen LogP contribution in [0.15, 0.2) is 54.9 Å². The van der Waals surface area contributed by atoms with E-state index in [0.717, 1.165) is 23.3 Å². The molecule has 0 fully saturated rings. The number of ether oxygens (including phenoxy) is 1. The fraction of sp³-hybridized carbons (Fsp3) is 0.318. The highest BCUT2D eigenvalue weighted by molar-refractivity contribution is 6.30. The normalized spacial score (nSPS) is 18.4. The summed E-state index contributed by atoms with van der Waals surface area (Å²) in [4.78, 5) is 19.3. The molecule has 150 valence electrons. The Morgan fingerprint density at radius 2 is 1.93 bits per heavy atom. The molecule has 2 atom stereocenters. The van der Waals surface area contributed by atoms with Gasteiger partial charge in [0.25, 0.3) is 0 Å². The summed E-state index contributed by atoms with van der Waals surface area (Å²) >= 11 is 6.10. The maximum Gasteiger partial charge on any atom is 0.231 e. The van der Waals surface area contributed by atoms with Crippen LogP contribution in [0.25, 0.3) is 0 Å². The molecule has 7 heteroatoms. The molecule has 1 aliphatic rings. The molecule has 0 radical (unpaired) electrons. The van der Waals surface area contributed by atoms with Crippen LogP contribution in [0.4, 0.5) is 5.95 Å². The molecule has 0 spiro atoms. The van der Waals surface area contributed by atoms with Crippen molar-refractivity contribution < 1.29 is 9.53 Å². The number of nitrogens with zero attached hydrogens (tertiary/aromatic N) is 4. The largest absolute Gasteiger partial charge is 0.496 e. The van der Waals surface area contributed by atoms with Crippen LogP contribution in [0.1, 0.15) is 49.4 Å². The Bertz CT molecular complexity index is 1000. The second kappa shape index (κ2) is 8.25. The van der Waals surface area contributed by atoms with Crippen molar-refractivity contribution in [2.45, 2.75) is 38.3 Å². The molecule has 29 heavy (non-hydrogen) atoms. The molecule has 1 aromatic heterocycles. The number of fused-ring (bicyclic) bond motifs is 1. The first-order valence-electron chi connectivity index (χ1n) is 9.74.